The van der Waals surface area contributed by atoms with E-state index in [4.69, 9.17) is 0 Å². The minimum atomic E-state index is -0.0711. The van der Waals surface area contributed by atoms with E-state index in [0.29, 0.717) is 13.0 Å². The van der Waals surface area contributed by atoms with Crippen LogP contribution in [0.2, 0.25) is 0 Å². The number of rotatable bonds is 7. The summed E-state index contributed by atoms with van der Waals surface area (Å²) < 4.78 is 0. The van der Waals surface area contributed by atoms with Gasteiger partial charge in [0.05, 0.1) is 6.04 Å². The van der Waals surface area contributed by atoms with E-state index < -0.39 is 0 Å². The summed E-state index contributed by atoms with van der Waals surface area (Å²) in [5.41, 5.74) is 3.58. The molecular formula is C24H32N2O2S. The predicted octanol–water partition coefficient (Wildman–Crippen LogP) is 4.96. The van der Waals surface area contributed by atoms with Crippen LogP contribution in [0, 0.1) is 6.92 Å². The van der Waals surface area contributed by atoms with Crippen LogP contribution in [0.4, 0.5) is 0 Å². The summed E-state index contributed by atoms with van der Waals surface area (Å²) in [6.45, 7) is 9.04. The summed E-state index contributed by atoms with van der Waals surface area (Å²) in [7, 11) is 0. The van der Waals surface area contributed by atoms with Crippen molar-refractivity contribution in [3.63, 3.8) is 0 Å². The van der Waals surface area contributed by atoms with E-state index in [0.717, 1.165) is 24.8 Å². The van der Waals surface area contributed by atoms with Gasteiger partial charge in [0.25, 0.3) is 0 Å². The van der Waals surface area contributed by atoms with Crippen molar-refractivity contribution in [2.45, 2.75) is 65.5 Å². The van der Waals surface area contributed by atoms with Gasteiger partial charge in [-0.3, -0.25) is 9.59 Å². The second-order valence-corrected chi connectivity index (χ2v) is 8.98. The molecule has 0 aliphatic carbocycles. The lowest BCUT2D eigenvalue weighted by Crippen LogP contribution is -2.49. The fraction of sp³-hybridized carbons (Fsp3) is 0.500. The molecule has 5 heteroatoms. The molecule has 0 saturated carbocycles. The summed E-state index contributed by atoms with van der Waals surface area (Å²) in [4.78, 5) is 31.2. The molecule has 1 aromatic carbocycles. The Balaban J connectivity index is 1.89. The standard InChI is InChI=1S/C24H32N2O2S/c1-5-7-22(27)26(18(4)6-2)16-23(28)25-14-12-21-20(13-15-29-21)24(25)19-10-8-17(3)9-11-19/h8-11,13,15,18,24H,5-7,12,14,16H2,1-4H3/t18-,24+/m0/s1. The van der Waals surface area contributed by atoms with Crippen LogP contribution in [0.25, 0.3) is 0 Å². The number of aryl methyl sites for hydroxylation is 1. The van der Waals surface area contributed by atoms with Gasteiger partial charge in [0, 0.05) is 23.9 Å². The molecular weight excluding hydrogens is 380 g/mol. The number of nitrogens with zero attached hydrogens (tertiary/aromatic N) is 2. The van der Waals surface area contributed by atoms with Crippen LogP contribution in [0.3, 0.4) is 0 Å². The number of hydrogen-bond acceptors (Lipinski definition) is 3. The predicted molar refractivity (Wildman–Crippen MR) is 119 cm³/mol. The van der Waals surface area contributed by atoms with E-state index in [2.05, 4.69) is 49.6 Å². The van der Waals surface area contributed by atoms with Gasteiger partial charge >= 0.3 is 0 Å². The van der Waals surface area contributed by atoms with Gasteiger partial charge in [-0.15, -0.1) is 11.3 Å². The molecule has 2 aromatic rings. The van der Waals surface area contributed by atoms with E-state index in [1.54, 1.807) is 16.2 Å². The van der Waals surface area contributed by atoms with Crippen LogP contribution in [0.1, 0.15) is 67.6 Å². The lowest BCUT2D eigenvalue weighted by Gasteiger charge is -2.38. The van der Waals surface area contributed by atoms with E-state index in [9.17, 15) is 9.59 Å². The topological polar surface area (TPSA) is 40.6 Å². The van der Waals surface area contributed by atoms with Crippen molar-refractivity contribution >= 4 is 23.2 Å². The third kappa shape index (κ3) is 4.72. The zero-order valence-corrected chi connectivity index (χ0v) is 18.8. The number of thiophene rings is 1. The van der Waals surface area contributed by atoms with Crippen LogP contribution in [-0.2, 0) is 16.0 Å². The number of fused-ring (bicyclic) bond motifs is 1. The maximum atomic E-state index is 13.5. The minimum Gasteiger partial charge on any atom is -0.331 e. The van der Waals surface area contributed by atoms with Crippen LogP contribution < -0.4 is 0 Å². The Morgan fingerprint density at radius 2 is 1.93 bits per heavy atom. The van der Waals surface area contributed by atoms with Crippen molar-refractivity contribution in [3.8, 4) is 0 Å². The Morgan fingerprint density at radius 3 is 2.59 bits per heavy atom. The Morgan fingerprint density at radius 1 is 1.21 bits per heavy atom. The van der Waals surface area contributed by atoms with Crippen LogP contribution in [0.5, 0.6) is 0 Å². The quantitative estimate of drug-likeness (QED) is 0.645. The van der Waals surface area contributed by atoms with Gasteiger partial charge in [-0.25, -0.2) is 0 Å². The van der Waals surface area contributed by atoms with Crippen molar-refractivity contribution < 1.29 is 9.59 Å². The van der Waals surface area contributed by atoms with Gasteiger partial charge in [0.2, 0.25) is 11.8 Å². The SMILES string of the molecule is CCCC(=O)N(CC(=O)N1CCc2sccc2[C@H]1c1ccc(C)cc1)[C@@H](C)CC. The lowest BCUT2D eigenvalue weighted by molar-refractivity contribution is -0.143. The molecule has 0 fully saturated rings. The molecule has 1 aromatic heterocycles. The first-order chi connectivity index (χ1) is 14.0. The molecule has 0 saturated heterocycles. The Kier molecular flexibility index (Phi) is 7.12. The van der Waals surface area contributed by atoms with Crippen LogP contribution in [0.15, 0.2) is 35.7 Å². The van der Waals surface area contributed by atoms with Gasteiger partial charge in [0.15, 0.2) is 0 Å². The normalized spacial score (nSPS) is 17.0. The smallest absolute Gasteiger partial charge is 0.243 e. The minimum absolute atomic E-state index is 0.0391. The van der Waals surface area contributed by atoms with Gasteiger partial charge in [-0.05, 0) is 55.7 Å². The monoisotopic (exact) mass is 412 g/mol. The van der Waals surface area contributed by atoms with Gasteiger partial charge < -0.3 is 9.80 Å². The molecule has 0 radical (unpaired) electrons. The largest absolute Gasteiger partial charge is 0.331 e. The van der Waals surface area contributed by atoms with Gasteiger partial charge in [-0.1, -0.05) is 43.7 Å². The van der Waals surface area contributed by atoms with E-state index in [1.807, 2.05) is 18.7 Å². The molecule has 2 heterocycles. The summed E-state index contributed by atoms with van der Waals surface area (Å²) in [5.74, 6) is 0.118. The number of amides is 2. The maximum Gasteiger partial charge on any atom is 0.243 e. The maximum absolute atomic E-state index is 13.5. The van der Waals surface area contributed by atoms with Crippen molar-refractivity contribution in [2.75, 3.05) is 13.1 Å². The molecule has 0 bridgehead atoms. The summed E-state index contributed by atoms with van der Waals surface area (Å²) in [6.07, 6.45) is 3.02. The summed E-state index contributed by atoms with van der Waals surface area (Å²) in [5, 5.41) is 2.12. The molecule has 156 valence electrons. The highest BCUT2D eigenvalue weighted by molar-refractivity contribution is 7.10. The number of carbonyl (C=O) groups is 2. The van der Waals surface area contributed by atoms with Gasteiger partial charge in [-0.2, -0.15) is 0 Å². The zero-order chi connectivity index (χ0) is 21.0. The fourth-order valence-electron chi connectivity index (χ4n) is 4.00. The number of carbonyl (C=O) groups excluding carboxylic acids is 2. The van der Waals surface area contributed by atoms with E-state index >= 15 is 0 Å². The Labute approximate surface area is 178 Å². The average molecular weight is 413 g/mol. The highest BCUT2D eigenvalue weighted by atomic mass is 32.1. The highest BCUT2D eigenvalue weighted by Gasteiger charge is 2.34. The van der Waals surface area contributed by atoms with Gasteiger partial charge in [0.1, 0.15) is 6.54 Å². The molecule has 0 N–H and O–H groups in total. The van der Waals surface area contributed by atoms with Crippen LogP contribution >= 0.6 is 11.3 Å². The molecule has 29 heavy (non-hydrogen) atoms. The fourth-order valence-corrected chi connectivity index (χ4v) is 4.90. The second-order valence-electron chi connectivity index (χ2n) is 7.98. The summed E-state index contributed by atoms with van der Waals surface area (Å²) in [6, 6.07) is 10.6. The van der Waals surface area contributed by atoms with Crippen molar-refractivity contribution in [1.29, 1.82) is 0 Å². The summed E-state index contributed by atoms with van der Waals surface area (Å²) >= 11 is 1.77. The molecule has 4 nitrogen and oxygen atoms in total. The van der Waals surface area contributed by atoms with Crippen molar-refractivity contribution in [2.24, 2.45) is 0 Å². The van der Waals surface area contributed by atoms with Crippen molar-refractivity contribution in [1.82, 2.24) is 9.80 Å². The lowest BCUT2D eigenvalue weighted by atomic mass is 9.92. The first kappa shape index (κ1) is 21.6. The third-order valence-corrected chi connectivity index (χ3v) is 6.89. The Bertz CT molecular complexity index is 843. The first-order valence-electron chi connectivity index (χ1n) is 10.7. The van der Waals surface area contributed by atoms with Crippen molar-refractivity contribution in [3.05, 3.63) is 57.3 Å². The van der Waals surface area contributed by atoms with E-state index in [-0.39, 0.29) is 30.4 Å². The first-order valence-corrected chi connectivity index (χ1v) is 11.6. The second kappa shape index (κ2) is 9.57. The molecule has 2 atom stereocenters. The molecule has 0 unspecified atom stereocenters. The Hall–Kier alpha value is -2.14. The van der Waals surface area contributed by atoms with E-state index in [1.165, 1.54) is 16.0 Å². The average Bonchev–Trinajstić information content (AvgIpc) is 3.20. The molecule has 1 aliphatic heterocycles. The molecule has 1 aliphatic rings. The van der Waals surface area contributed by atoms with Crippen LogP contribution in [-0.4, -0.2) is 40.7 Å². The number of hydrogen-bond donors (Lipinski definition) is 0. The molecule has 0 spiro atoms. The molecule has 3 rings (SSSR count). The highest BCUT2D eigenvalue weighted by Crippen LogP contribution is 2.38. The molecule has 2 amide bonds. The third-order valence-electron chi connectivity index (χ3n) is 5.89. The zero-order valence-electron chi connectivity index (χ0n) is 18.0. The number of benzene rings is 1.